The van der Waals surface area contributed by atoms with Crippen molar-refractivity contribution in [3.63, 3.8) is 0 Å². The maximum atomic E-state index is 8.33. The van der Waals surface area contributed by atoms with Crippen LogP contribution < -0.4 is 16.4 Å². The van der Waals surface area contributed by atoms with E-state index in [1.54, 1.807) is 0 Å². The zero-order valence-corrected chi connectivity index (χ0v) is 7.51. The fraction of sp³-hybridized carbons (Fsp3) is 0. The molecule has 0 saturated heterocycles. The summed E-state index contributed by atoms with van der Waals surface area (Å²) in [5.74, 6) is 0. The molecule has 7 heavy (non-hydrogen) atoms. The Kier molecular flexibility index (Phi) is 55.9. The molecule has 0 saturated carbocycles. The Morgan fingerprint density at radius 3 is 1.29 bits per heavy atom. The van der Waals surface area contributed by atoms with Crippen molar-refractivity contribution in [2.45, 2.75) is 0 Å². The first-order valence-corrected chi connectivity index (χ1v) is 0.612. The van der Waals surface area contributed by atoms with Crippen LogP contribution in [0.15, 0.2) is 0 Å². The summed E-state index contributed by atoms with van der Waals surface area (Å²) >= 11 is 0. The zero-order chi connectivity index (χ0) is 3.58. The number of hydrogen-bond acceptors (Lipinski definition) is 4. The molecule has 0 rings (SSSR count). The second kappa shape index (κ2) is 15.8. The summed E-state index contributed by atoms with van der Waals surface area (Å²) in [6.07, 6.45) is -2.33. The molecular formula is CH3MgNO3Zr+4. The van der Waals surface area contributed by atoms with Crippen molar-refractivity contribution in [3.05, 3.63) is 0 Å². The van der Waals surface area contributed by atoms with Crippen molar-refractivity contribution in [2.75, 3.05) is 0 Å². The van der Waals surface area contributed by atoms with E-state index in [1.807, 2.05) is 0 Å². The molecule has 3 N–H and O–H groups in total. The molecule has 6 heteroatoms. The fourth-order valence-electron chi connectivity index (χ4n) is 0. The average molecular weight is 193 g/mol. The Morgan fingerprint density at radius 1 is 1.29 bits per heavy atom. The van der Waals surface area contributed by atoms with Gasteiger partial charge in [0, 0.05) is 0 Å². The van der Waals surface area contributed by atoms with Gasteiger partial charge in [-0.2, -0.15) is 0 Å². The van der Waals surface area contributed by atoms with Gasteiger partial charge in [-0.25, -0.2) is 0 Å². The fourth-order valence-corrected chi connectivity index (χ4v) is 0. The smallest absolute Gasteiger partial charge is 0.652 e. The summed E-state index contributed by atoms with van der Waals surface area (Å²) in [5, 5.41) is 16.7. The number of carboxylic acid groups (broad SMARTS) is 2. The second-order valence-corrected chi connectivity index (χ2v) is 0.250. The molecule has 0 aromatic heterocycles. The quantitative estimate of drug-likeness (QED) is 0.423. The predicted molar refractivity (Wildman–Crippen MR) is 16.2 cm³/mol. The summed E-state index contributed by atoms with van der Waals surface area (Å²) in [7, 11) is 0. The van der Waals surface area contributed by atoms with Crippen LogP contribution in [-0.4, -0.2) is 29.2 Å². The molecule has 0 aliphatic heterocycles. The minimum Gasteiger partial charge on any atom is -0.652 e. The van der Waals surface area contributed by atoms with Gasteiger partial charge in [0.15, 0.2) is 0 Å². The van der Waals surface area contributed by atoms with Crippen molar-refractivity contribution >= 4 is 29.2 Å². The van der Waals surface area contributed by atoms with Crippen LogP contribution in [-0.2, 0) is 26.2 Å². The van der Waals surface area contributed by atoms with Gasteiger partial charge in [0.2, 0.25) is 0 Å². The molecule has 0 bridgehead atoms. The molecule has 0 aliphatic rings. The monoisotopic (exact) mass is 191 g/mol. The molecule has 0 unspecified atom stereocenters. The van der Waals surface area contributed by atoms with E-state index in [4.69, 9.17) is 15.0 Å². The summed E-state index contributed by atoms with van der Waals surface area (Å²) in [6, 6.07) is 0. The normalized spacial score (nSPS) is 3.43. The molecule has 0 aromatic rings. The van der Waals surface area contributed by atoms with Crippen LogP contribution in [0.4, 0.5) is 4.79 Å². The molecule has 0 fully saturated rings. The van der Waals surface area contributed by atoms with Gasteiger partial charge < -0.3 is 21.2 Å². The van der Waals surface area contributed by atoms with Gasteiger partial charge in [0.05, 0.1) is 0 Å². The van der Waals surface area contributed by atoms with Crippen molar-refractivity contribution in [1.82, 2.24) is 6.15 Å². The topological polar surface area (TPSA) is 98.2 Å². The van der Waals surface area contributed by atoms with E-state index in [2.05, 4.69) is 0 Å². The molecule has 0 amide bonds. The molecule has 32 valence electrons. The third kappa shape index (κ3) is 212. The molecule has 0 radical (unpaired) electrons. The van der Waals surface area contributed by atoms with Crippen molar-refractivity contribution in [1.29, 1.82) is 0 Å². The Labute approximate surface area is 76.1 Å². The minimum absolute atomic E-state index is 0. The van der Waals surface area contributed by atoms with Gasteiger partial charge in [-0.3, -0.25) is 0 Å². The van der Waals surface area contributed by atoms with Crippen LogP contribution in [0.2, 0.25) is 0 Å². The Morgan fingerprint density at radius 2 is 1.29 bits per heavy atom. The number of rotatable bonds is 0. The Hall–Kier alpha value is 0.879. The second-order valence-electron chi connectivity index (χ2n) is 0.250. The minimum atomic E-state index is -2.33. The number of carbonyl (C=O) groups excluding carboxylic acids is 1. The van der Waals surface area contributed by atoms with E-state index in [1.165, 1.54) is 0 Å². The van der Waals surface area contributed by atoms with Crippen LogP contribution in [0, 0.1) is 0 Å². The van der Waals surface area contributed by atoms with Gasteiger partial charge >= 0.3 is 49.3 Å². The largest absolute Gasteiger partial charge is 4.00 e. The van der Waals surface area contributed by atoms with Crippen molar-refractivity contribution in [2.24, 2.45) is 0 Å². The van der Waals surface area contributed by atoms with E-state index < -0.39 is 6.16 Å². The van der Waals surface area contributed by atoms with Crippen LogP contribution in [0.1, 0.15) is 0 Å². The van der Waals surface area contributed by atoms with Gasteiger partial charge in [0.1, 0.15) is 0 Å². The van der Waals surface area contributed by atoms with E-state index >= 15 is 0 Å². The molecule has 0 spiro atoms. The van der Waals surface area contributed by atoms with E-state index in [9.17, 15) is 0 Å². The van der Waals surface area contributed by atoms with Gasteiger partial charge in [-0.15, -0.1) is 0 Å². The Bertz CT molecular complexity index is 37.9. The van der Waals surface area contributed by atoms with Crippen LogP contribution in [0.5, 0.6) is 0 Å². The first-order chi connectivity index (χ1) is 1.73. The molecule has 0 atom stereocenters. The molecular weight excluding hydrogens is 190 g/mol. The average Bonchev–Trinajstić information content (AvgIpc) is 0.811. The SMILES string of the molecule is N.O=C([O-])[O-].[Mg+2].[Zr+4]. The third-order valence-corrected chi connectivity index (χ3v) is 0. The first-order valence-electron chi connectivity index (χ1n) is 0.612. The van der Waals surface area contributed by atoms with Crippen LogP contribution >= 0.6 is 0 Å². The predicted octanol–water partition coefficient (Wildman–Crippen LogP) is -2.67. The summed E-state index contributed by atoms with van der Waals surface area (Å²) in [6.45, 7) is 0. The van der Waals surface area contributed by atoms with Crippen LogP contribution in [0.25, 0.3) is 0 Å². The Balaban J connectivity index is -0.0000000150. The third-order valence-electron chi connectivity index (χ3n) is 0. The summed E-state index contributed by atoms with van der Waals surface area (Å²) in [4.78, 5) is 8.33. The van der Waals surface area contributed by atoms with Gasteiger partial charge in [0.25, 0.3) is 0 Å². The molecule has 4 nitrogen and oxygen atoms in total. The maximum Gasteiger partial charge on any atom is 4.00 e. The maximum absolute atomic E-state index is 8.33. The molecule has 0 heterocycles. The van der Waals surface area contributed by atoms with E-state index in [0.717, 1.165) is 0 Å². The van der Waals surface area contributed by atoms with E-state index in [0.29, 0.717) is 0 Å². The number of carbonyl (C=O) groups is 1. The van der Waals surface area contributed by atoms with Gasteiger partial charge in [-0.1, -0.05) is 0 Å². The summed E-state index contributed by atoms with van der Waals surface area (Å²) < 4.78 is 0. The van der Waals surface area contributed by atoms with Crippen LogP contribution in [0.3, 0.4) is 0 Å². The standard InChI is InChI=1S/CH2O3.Mg.H3N.Zr/c2-1(3)4;;;/h(H2,2,3,4);;1H3;/q;+2;;+4/p-2. The number of hydrogen-bond donors (Lipinski definition) is 1. The molecule has 0 aromatic carbocycles. The van der Waals surface area contributed by atoms with Crippen molar-refractivity contribution in [3.8, 4) is 0 Å². The van der Waals surface area contributed by atoms with Gasteiger partial charge in [-0.05, 0) is 6.16 Å². The zero-order valence-electron chi connectivity index (χ0n) is 3.64. The molecule has 0 aliphatic carbocycles. The summed E-state index contributed by atoms with van der Waals surface area (Å²) in [5.41, 5.74) is 0. The van der Waals surface area contributed by atoms with Crippen molar-refractivity contribution < 1.29 is 41.2 Å². The van der Waals surface area contributed by atoms with E-state index in [-0.39, 0.29) is 55.4 Å². The first kappa shape index (κ1) is 24.8.